The number of likely N-dealkylation sites (N-methyl/N-ethyl adjacent to an activating group) is 1. The van der Waals surface area contributed by atoms with E-state index in [9.17, 15) is 9.59 Å². The summed E-state index contributed by atoms with van der Waals surface area (Å²) in [5.41, 5.74) is -0.419. The molecule has 0 bridgehead atoms. The first-order valence-electron chi connectivity index (χ1n) is 7.50. The van der Waals surface area contributed by atoms with Crippen molar-refractivity contribution in [1.82, 2.24) is 25.0 Å². The molecule has 3 rings (SSSR count). The van der Waals surface area contributed by atoms with Crippen LogP contribution < -0.4 is 5.32 Å². The highest BCUT2D eigenvalue weighted by atomic mass is 32.1. The minimum absolute atomic E-state index is 0.130. The zero-order valence-electron chi connectivity index (χ0n) is 13.2. The van der Waals surface area contributed by atoms with Crippen LogP contribution in [0.4, 0.5) is 0 Å². The van der Waals surface area contributed by atoms with Gasteiger partial charge >= 0.3 is 0 Å². The van der Waals surface area contributed by atoms with Crippen molar-refractivity contribution in [2.45, 2.75) is 25.3 Å². The van der Waals surface area contributed by atoms with Crippen molar-refractivity contribution in [1.29, 1.82) is 0 Å². The van der Waals surface area contributed by atoms with Crippen molar-refractivity contribution in [3.05, 3.63) is 34.5 Å². The van der Waals surface area contributed by atoms with Gasteiger partial charge < -0.3 is 10.2 Å². The van der Waals surface area contributed by atoms with Gasteiger partial charge in [-0.05, 0) is 25.8 Å². The van der Waals surface area contributed by atoms with Gasteiger partial charge in [-0.1, -0.05) is 0 Å². The third kappa shape index (κ3) is 2.74. The summed E-state index contributed by atoms with van der Waals surface area (Å²) >= 11 is 1.45. The Balaban J connectivity index is 1.91. The van der Waals surface area contributed by atoms with E-state index in [1.54, 1.807) is 40.5 Å². The molecule has 1 aliphatic heterocycles. The van der Waals surface area contributed by atoms with Crippen LogP contribution in [0.15, 0.2) is 23.8 Å². The van der Waals surface area contributed by atoms with Gasteiger partial charge in [0.1, 0.15) is 5.69 Å². The highest BCUT2D eigenvalue weighted by Crippen LogP contribution is 2.29. The number of thiazole rings is 1. The van der Waals surface area contributed by atoms with Crippen LogP contribution in [-0.4, -0.2) is 51.6 Å². The Morgan fingerprint density at radius 3 is 2.87 bits per heavy atom. The smallest absolute Gasteiger partial charge is 0.273 e. The molecular weight excluding hydrogens is 314 g/mol. The van der Waals surface area contributed by atoms with E-state index >= 15 is 0 Å². The third-order valence-corrected chi connectivity index (χ3v) is 4.96. The van der Waals surface area contributed by atoms with Crippen LogP contribution in [0.2, 0.25) is 0 Å². The molecule has 1 aliphatic rings. The van der Waals surface area contributed by atoms with E-state index in [1.807, 2.05) is 6.92 Å². The quantitative estimate of drug-likeness (QED) is 0.910. The molecule has 0 aromatic carbocycles. The van der Waals surface area contributed by atoms with E-state index in [0.717, 1.165) is 11.4 Å². The lowest BCUT2D eigenvalue weighted by Crippen LogP contribution is -2.59. The molecule has 2 amide bonds. The van der Waals surface area contributed by atoms with E-state index in [2.05, 4.69) is 15.4 Å². The Hall–Kier alpha value is -2.22. The van der Waals surface area contributed by atoms with Gasteiger partial charge in [-0.25, -0.2) is 4.98 Å². The maximum absolute atomic E-state index is 12.7. The molecule has 1 fully saturated rings. The summed E-state index contributed by atoms with van der Waals surface area (Å²) in [6.07, 6.45) is 4.81. The van der Waals surface area contributed by atoms with Crippen LogP contribution in [-0.2, 0) is 10.3 Å². The fourth-order valence-corrected chi connectivity index (χ4v) is 3.65. The van der Waals surface area contributed by atoms with E-state index in [0.29, 0.717) is 25.2 Å². The second kappa shape index (κ2) is 6.11. The molecule has 7 nitrogen and oxygen atoms in total. The fraction of sp³-hybridized carbons (Fsp3) is 0.467. The average Bonchev–Trinajstić information content (AvgIpc) is 3.25. The minimum Gasteiger partial charge on any atom is -0.357 e. The van der Waals surface area contributed by atoms with Gasteiger partial charge in [-0.2, -0.15) is 5.10 Å². The monoisotopic (exact) mass is 333 g/mol. The molecule has 1 N–H and O–H groups in total. The number of carbonyl (C=O) groups excluding carboxylic acids is 2. The molecule has 23 heavy (non-hydrogen) atoms. The van der Waals surface area contributed by atoms with Crippen molar-refractivity contribution in [3.8, 4) is 0 Å². The second-order valence-corrected chi connectivity index (χ2v) is 6.71. The van der Waals surface area contributed by atoms with Crippen LogP contribution >= 0.6 is 11.3 Å². The van der Waals surface area contributed by atoms with Crippen molar-refractivity contribution in [2.75, 3.05) is 20.1 Å². The first-order valence-corrected chi connectivity index (χ1v) is 8.38. The minimum atomic E-state index is -0.864. The number of likely N-dealkylation sites (tertiary alicyclic amines) is 1. The van der Waals surface area contributed by atoms with Crippen molar-refractivity contribution in [3.63, 3.8) is 0 Å². The molecule has 0 aliphatic carbocycles. The van der Waals surface area contributed by atoms with Crippen LogP contribution in [0.25, 0.3) is 0 Å². The zero-order chi connectivity index (χ0) is 16.4. The lowest BCUT2D eigenvalue weighted by molar-refractivity contribution is -0.132. The van der Waals surface area contributed by atoms with E-state index < -0.39 is 5.54 Å². The maximum atomic E-state index is 12.7. The van der Waals surface area contributed by atoms with Crippen molar-refractivity contribution >= 4 is 23.2 Å². The topological polar surface area (TPSA) is 80.1 Å². The zero-order valence-corrected chi connectivity index (χ0v) is 14.0. The standard InChI is InChI=1S/C15H19N5O2S/c1-11-18-12(9-23-11)13(21)19-7-3-5-15(10-19,14(22)16-2)20-8-4-6-17-20/h4,6,8-9H,3,5,7,10H2,1-2H3,(H,16,22). The molecule has 0 spiro atoms. The summed E-state index contributed by atoms with van der Waals surface area (Å²) in [5.74, 6) is -0.261. The summed E-state index contributed by atoms with van der Waals surface area (Å²) in [5, 5.41) is 9.59. The summed E-state index contributed by atoms with van der Waals surface area (Å²) in [7, 11) is 1.61. The Bertz CT molecular complexity index is 711. The highest BCUT2D eigenvalue weighted by molar-refractivity contribution is 7.09. The predicted molar refractivity (Wildman–Crippen MR) is 86.3 cm³/mol. The number of amides is 2. The normalized spacial score (nSPS) is 21.2. The molecule has 3 heterocycles. The van der Waals surface area contributed by atoms with Gasteiger partial charge in [0.05, 0.1) is 11.6 Å². The van der Waals surface area contributed by atoms with Gasteiger partial charge in [0.15, 0.2) is 5.54 Å². The van der Waals surface area contributed by atoms with Gasteiger partial charge in [-0.3, -0.25) is 14.3 Å². The van der Waals surface area contributed by atoms with Gasteiger partial charge in [0, 0.05) is 31.4 Å². The van der Waals surface area contributed by atoms with Crippen LogP contribution in [0.3, 0.4) is 0 Å². The number of rotatable bonds is 3. The molecule has 122 valence electrons. The van der Waals surface area contributed by atoms with E-state index in [1.165, 1.54) is 11.3 Å². The molecule has 1 unspecified atom stereocenters. The number of carbonyl (C=O) groups is 2. The lowest BCUT2D eigenvalue weighted by Gasteiger charge is -2.41. The van der Waals surface area contributed by atoms with E-state index in [-0.39, 0.29) is 11.8 Å². The fourth-order valence-electron chi connectivity index (χ4n) is 3.06. The number of aryl methyl sites for hydroxylation is 1. The Morgan fingerprint density at radius 1 is 1.43 bits per heavy atom. The number of aromatic nitrogens is 3. The predicted octanol–water partition coefficient (Wildman–Crippen LogP) is 1.03. The number of hydrogen-bond donors (Lipinski definition) is 1. The molecule has 0 saturated carbocycles. The second-order valence-electron chi connectivity index (χ2n) is 5.64. The lowest BCUT2D eigenvalue weighted by atomic mass is 9.87. The summed E-state index contributed by atoms with van der Waals surface area (Å²) in [4.78, 5) is 31.2. The SMILES string of the molecule is CNC(=O)C1(n2cccn2)CCCN(C(=O)c2csc(C)n2)C1. The number of piperidine rings is 1. The number of nitrogens with zero attached hydrogens (tertiary/aromatic N) is 4. The number of hydrogen-bond acceptors (Lipinski definition) is 5. The molecule has 1 atom stereocenters. The molecule has 0 radical (unpaired) electrons. The average molecular weight is 333 g/mol. The Morgan fingerprint density at radius 2 is 2.26 bits per heavy atom. The van der Waals surface area contributed by atoms with Crippen molar-refractivity contribution < 1.29 is 9.59 Å². The summed E-state index contributed by atoms with van der Waals surface area (Å²) < 4.78 is 1.66. The maximum Gasteiger partial charge on any atom is 0.273 e. The first kappa shape index (κ1) is 15.7. The molecule has 1 saturated heterocycles. The number of nitrogens with one attached hydrogen (secondary N) is 1. The van der Waals surface area contributed by atoms with Crippen LogP contribution in [0, 0.1) is 6.92 Å². The van der Waals surface area contributed by atoms with Gasteiger partial charge in [-0.15, -0.1) is 11.3 Å². The molecule has 2 aromatic heterocycles. The Labute approximate surface area is 138 Å². The third-order valence-electron chi connectivity index (χ3n) is 4.19. The highest BCUT2D eigenvalue weighted by Gasteiger charge is 2.45. The summed E-state index contributed by atoms with van der Waals surface area (Å²) in [6, 6.07) is 1.79. The Kier molecular flexibility index (Phi) is 4.16. The van der Waals surface area contributed by atoms with Crippen LogP contribution in [0.5, 0.6) is 0 Å². The molecule has 2 aromatic rings. The van der Waals surface area contributed by atoms with E-state index in [4.69, 9.17) is 0 Å². The van der Waals surface area contributed by atoms with Gasteiger partial charge in [0.2, 0.25) is 5.91 Å². The molecule has 8 heteroatoms. The summed E-state index contributed by atoms with van der Waals surface area (Å²) in [6.45, 7) is 2.79. The molecular formula is C15H19N5O2S. The first-order chi connectivity index (χ1) is 11.1. The van der Waals surface area contributed by atoms with Gasteiger partial charge in [0.25, 0.3) is 5.91 Å². The van der Waals surface area contributed by atoms with Crippen LogP contribution in [0.1, 0.15) is 28.3 Å². The van der Waals surface area contributed by atoms with Crippen molar-refractivity contribution in [2.24, 2.45) is 0 Å². The largest absolute Gasteiger partial charge is 0.357 e.